The predicted molar refractivity (Wildman–Crippen MR) is 50.9 cm³/mol. The average molecular weight is 178 g/mol. The number of aryl methyl sites for hydroxylation is 2. The van der Waals surface area contributed by atoms with Gasteiger partial charge in [-0.15, -0.1) is 11.3 Å². The maximum absolute atomic E-state index is 4.17. The van der Waals surface area contributed by atoms with Crippen LogP contribution in [0.15, 0.2) is 24.5 Å². The van der Waals surface area contributed by atoms with E-state index in [0.717, 1.165) is 5.82 Å². The van der Waals surface area contributed by atoms with Gasteiger partial charge in [-0.05, 0) is 26.0 Å². The molecule has 0 aliphatic carbocycles. The van der Waals surface area contributed by atoms with Crippen molar-refractivity contribution in [3.05, 3.63) is 35.2 Å². The Labute approximate surface area is 75.5 Å². The summed E-state index contributed by atoms with van der Waals surface area (Å²) >= 11 is 1.78. The van der Waals surface area contributed by atoms with Crippen LogP contribution in [0.4, 0.5) is 0 Å². The SMILES string of the molecule is Cc1ccc(-n2ccnc2C)s1. The molecule has 0 saturated carbocycles. The Morgan fingerprint density at radius 1 is 1.33 bits per heavy atom. The lowest BCUT2D eigenvalue weighted by molar-refractivity contribution is 0.994. The fourth-order valence-electron chi connectivity index (χ4n) is 1.16. The molecule has 2 nitrogen and oxygen atoms in total. The van der Waals surface area contributed by atoms with Crippen LogP contribution in [-0.2, 0) is 0 Å². The molecule has 2 aromatic rings. The second-order valence-corrected chi connectivity index (χ2v) is 4.00. The zero-order valence-corrected chi connectivity index (χ0v) is 7.93. The number of rotatable bonds is 1. The van der Waals surface area contributed by atoms with E-state index >= 15 is 0 Å². The van der Waals surface area contributed by atoms with Crippen LogP contribution in [0.1, 0.15) is 10.7 Å². The van der Waals surface area contributed by atoms with Gasteiger partial charge in [0.1, 0.15) is 10.8 Å². The first-order chi connectivity index (χ1) is 5.77. The summed E-state index contributed by atoms with van der Waals surface area (Å²) in [6.45, 7) is 4.12. The standard InChI is InChI=1S/C9H10N2S/c1-7-3-4-9(12-7)11-6-5-10-8(11)2/h3-6H,1-2H3. The van der Waals surface area contributed by atoms with E-state index in [1.807, 2.05) is 19.3 Å². The van der Waals surface area contributed by atoms with E-state index in [2.05, 4.69) is 28.6 Å². The second-order valence-electron chi connectivity index (χ2n) is 2.73. The Morgan fingerprint density at radius 3 is 2.67 bits per heavy atom. The molecule has 0 unspecified atom stereocenters. The van der Waals surface area contributed by atoms with Crippen LogP contribution in [0, 0.1) is 13.8 Å². The summed E-state index contributed by atoms with van der Waals surface area (Å²) in [6.07, 6.45) is 3.81. The summed E-state index contributed by atoms with van der Waals surface area (Å²) in [5.41, 5.74) is 0. The number of thiophene rings is 1. The second kappa shape index (κ2) is 2.75. The summed E-state index contributed by atoms with van der Waals surface area (Å²) in [6, 6.07) is 4.24. The van der Waals surface area contributed by atoms with Crippen LogP contribution < -0.4 is 0 Å². The van der Waals surface area contributed by atoms with E-state index in [4.69, 9.17) is 0 Å². The van der Waals surface area contributed by atoms with Crippen molar-refractivity contribution in [2.75, 3.05) is 0 Å². The summed E-state index contributed by atoms with van der Waals surface area (Å²) in [7, 11) is 0. The van der Waals surface area contributed by atoms with Gasteiger partial charge in [0.15, 0.2) is 0 Å². The van der Waals surface area contributed by atoms with Crippen molar-refractivity contribution in [1.82, 2.24) is 9.55 Å². The number of nitrogens with zero attached hydrogens (tertiary/aromatic N) is 2. The van der Waals surface area contributed by atoms with Crippen molar-refractivity contribution in [3.8, 4) is 5.00 Å². The first kappa shape index (κ1) is 7.55. The van der Waals surface area contributed by atoms with Gasteiger partial charge in [0.25, 0.3) is 0 Å². The third-order valence-electron chi connectivity index (χ3n) is 1.79. The van der Waals surface area contributed by atoms with Crippen molar-refractivity contribution >= 4 is 11.3 Å². The maximum Gasteiger partial charge on any atom is 0.110 e. The van der Waals surface area contributed by atoms with Gasteiger partial charge in [0, 0.05) is 17.3 Å². The highest BCUT2D eigenvalue weighted by molar-refractivity contribution is 7.14. The van der Waals surface area contributed by atoms with Crippen molar-refractivity contribution in [3.63, 3.8) is 0 Å². The Bertz CT molecular complexity index is 387. The van der Waals surface area contributed by atoms with Crippen LogP contribution in [0.2, 0.25) is 0 Å². The third kappa shape index (κ3) is 1.16. The molecule has 0 aromatic carbocycles. The van der Waals surface area contributed by atoms with Crippen LogP contribution in [0.25, 0.3) is 5.00 Å². The van der Waals surface area contributed by atoms with E-state index in [1.54, 1.807) is 11.3 Å². The molecular weight excluding hydrogens is 168 g/mol. The predicted octanol–water partition coefficient (Wildman–Crippen LogP) is 2.55. The fraction of sp³-hybridized carbons (Fsp3) is 0.222. The van der Waals surface area contributed by atoms with Gasteiger partial charge in [-0.25, -0.2) is 4.98 Å². The Kier molecular flexibility index (Phi) is 1.73. The molecule has 2 heterocycles. The maximum atomic E-state index is 4.17. The van der Waals surface area contributed by atoms with Crippen LogP contribution >= 0.6 is 11.3 Å². The van der Waals surface area contributed by atoms with Crippen LogP contribution in [-0.4, -0.2) is 9.55 Å². The normalized spacial score (nSPS) is 10.5. The molecule has 0 amide bonds. The minimum Gasteiger partial charge on any atom is -0.295 e. The molecule has 0 aliphatic heterocycles. The Hall–Kier alpha value is -1.09. The quantitative estimate of drug-likeness (QED) is 0.656. The van der Waals surface area contributed by atoms with Gasteiger partial charge >= 0.3 is 0 Å². The molecule has 0 spiro atoms. The molecule has 2 rings (SSSR count). The highest BCUT2D eigenvalue weighted by Gasteiger charge is 2.01. The minimum absolute atomic E-state index is 1.04. The molecule has 0 bridgehead atoms. The molecule has 0 saturated heterocycles. The fourth-order valence-corrected chi connectivity index (χ4v) is 2.06. The van der Waals surface area contributed by atoms with Gasteiger partial charge in [0.2, 0.25) is 0 Å². The molecule has 62 valence electrons. The lowest BCUT2D eigenvalue weighted by atomic mass is 10.5. The van der Waals surface area contributed by atoms with E-state index in [1.165, 1.54) is 9.88 Å². The van der Waals surface area contributed by atoms with E-state index in [9.17, 15) is 0 Å². The van der Waals surface area contributed by atoms with Crippen molar-refractivity contribution in [2.24, 2.45) is 0 Å². The number of aromatic nitrogens is 2. The van der Waals surface area contributed by atoms with Gasteiger partial charge < -0.3 is 0 Å². The zero-order valence-electron chi connectivity index (χ0n) is 7.11. The molecule has 3 heteroatoms. The molecule has 0 radical (unpaired) electrons. The number of hydrogen-bond donors (Lipinski definition) is 0. The molecule has 0 aliphatic rings. The summed E-state index contributed by atoms with van der Waals surface area (Å²) in [5.74, 6) is 1.04. The Morgan fingerprint density at radius 2 is 2.17 bits per heavy atom. The van der Waals surface area contributed by atoms with Crippen molar-refractivity contribution < 1.29 is 0 Å². The zero-order chi connectivity index (χ0) is 8.55. The average Bonchev–Trinajstić information content (AvgIpc) is 2.58. The first-order valence-electron chi connectivity index (χ1n) is 3.84. The van der Waals surface area contributed by atoms with E-state index < -0.39 is 0 Å². The lowest BCUT2D eigenvalue weighted by Crippen LogP contribution is -1.90. The van der Waals surface area contributed by atoms with Gasteiger partial charge in [-0.3, -0.25) is 4.57 Å². The van der Waals surface area contributed by atoms with Gasteiger partial charge in [0.05, 0.1) is 0 Å². The lowest BCUT2D eigenvalue weighted by Gasteiger charge is -1.98. The van der Waals surface area contributed by atoms with E-state index in [0.29, 0.717) is 0 Å². The van der Waals surface area contributed by atoms with Crippen LogP contribution in [0.5, 0.6) is 0 Å². The topological polar surface area (TPSA) is 17.8 Å². The third-order valence-corrected chi connectivity index (χ3v) is 2.79. The molecule has 2 aromatic heterocycles. The Balaban J connectivity index is 2.50. The highest BCUT2D eigenvalue weighted by Crippen LogP contribution is 2.20. The van der Waals surface area contributed by atoms with Gasteiger partial charge in [-0.2, -0.15) is 0 Å². The molecule has 12 heavy (non-hydrogen) atoms. The number of imidazole rings is 1. The summed E-state index contributed by atoms with van der Waals surface area (Å²) < 4.78 is 2.09. The smallest absolute Gasteiger partial charge is 0.110 e. The first-order valence-corrected chi connectivity index (χ1v) is 4.66. The number of hydrogen-bond acceptors (Lipinski definition) is 2. The minimum atomic E-state index is 1.04. The molecule has 0 atom stereocenters. The van der Waals surface area contributed by atoms with E-state index in [-0.39, 0.29) is 0 Å². The molecule has 0 fully saturated rings. The highest BCUT2D eigenvalue weighted by atomic mass is 32.1. The van der Waals surface area contributed by atoms with Gasteiger partial charge in [-0.1, -0.05) is 0 Å². The summed E-state index contributed by atoms with van der Waals surface area (Å²) in [4.78, 5) is 5.50. The largest absolute Gasteiger partial charge is 0.295 e. The van der Waals surface area contributed by atoms with Crippen LogP contribution in [0.3, 0.4) is 0 Å². The monoisotopic (exact) mass is 178 g/mol. The van der Waals surface area contributed by atoms with Crippen molar-refractivity contribution in [2.45, 2.75) is 13.8 Å². The molecule has 0 N–H and O–H groups in total. The molecular formula is C9H10N2S. The van der Waals surface area contributed by atoms with Crippen molar-refractivity contribution in [1.29, 1.82) is 0 Å². The summed E-state index contributed by atoms with van der Waals surface area (Å²) in [5, 5.41) is 1.24.